The summed E-state index contributed by atoms with van der Waals surface area (Å²) in [6, 6.07) is 10.0. The number of carbonyl (C=O) groups is 1. The monoisotopic (exact) mass is 327 g/mol. The molecule has 1 aromatic rings. The molecule has 1 N–H and O–H groups in total. The van der Waals surface area contributed by atoms with E-state index in [1.54, 1.807) is 7.11 Å². The fourth-order valence-electron chi connectivity index (χ4n) is 2.01. The Morgan fingerprint density at radius 1 is 1.37 bits per heavy atom. The van der Waals surface area contributed by atoms with Crippen LogP contribution in [0.1, 0.15) is 31.2 Å². The second-order valence-electron chi connectivity index (χ2n) is 4.51. The Labute approximate surface area is 123 Å². The predicted molar refractivity (Wildman–Crippen MR) is 81.7 cm³/mol. The first-order valence-corrected chi connectivity index (χ1v) is 7.75. The average Bonchev–Trinajstić information content (AvgIpc) is 2.45. The van der Waals surface area contributed by atoms with Crippen molar-refractivity contribution in [3.63, 3.8) is 0 Å². The number of ether oxygens (including phenoxy) is 1. The van der Waals surface area contributed by atoms with E-state index in [2.05, 4.69) is 21.2 Å². The van der Waals surface area contributed by atoms with Gasteiger partial charge in [-0.25, -0.2) is 0 Å². The minimum Gasteiger partial charge on any atom is -0.385 e. The number of carbonyl (C=O) groups excluding carboxylic acids is 1. The molecule has 2 atom stereocenters. The van der Waals surface area contributed by atoms with Crippen LogP contribution in [0.15, 0.2) is 30.3 Å². The lowest BCUT2D eigenvalue weighted by molar-refractivity contribution is -0.123. The molecule has 0 heterocycles. The van der Waals surface area contributed by atoms with Gasteiger partial charge in [0.15, 0.2) is 0 Å². The van der Waals surface area contributed by atoms with Crippen LogP contribution >= 0.6 is 15.9 Å². The topological polar surface area (TPSA) is 38.3 Å². The van der Waals surface area contributed by atoms with Crippen LogP contribution in [0, 0.1) is 0 Å². The molecule has 0 saturated carbocycles. The normalized spacial score (nSPS) is 13.8. The van der Waals surface area contributed by atoms with Gasteiger partial charge in [0.05, 0.1) is 5.92 Å². The molecule has 2 unspecified atom stereocenters. The van der Waals surface area contributed by atoms with E-state index in [1.807, 2.05) is 37.3 Å². The summed E-state index contributed by atoms with van der Waals surface area (Å²) in [6.07, 6.45) is 1.62. The number of hydrogen-bond acceptors (Lipinski definition) is 2. The molecule has 1 aromatic carbocycles. The third-order valence-electron chi connectivity index (χ3n) is 3.13. The second-order valence-corrected chi connectivity index (χ2v) is 5.16. The minimum atomic E-state index is -0.0784. The Balaban J connectivity index is 2.63. The first kappa shape index (κ1) is 16.2. The molecule has 0 aliphatic heterocycles. The highest BCUT2D eigenvalue weighted by Crippen LogP contribution is 2.19. The van der Waals surface area contributed by atoms with Crippen molar-refractivity contribution < 1.29 is 9.53 Å². The zero-order valence-electron chi connectivity index (χ0n) is 11.6. The van der Waals surface area contributed by atoms with Crippen LogP contribution in [0.5, 0.6) is 0 Å². The summed E-state index contributed by atoms with van der Waals surface area (Å²) < 4.78 is 5.06. The Morgan fingerprint density at radius 3 is 2.58 bits per heavy atom. The molecular formula is C15H22BrNO2. The number of alkyl halides is 1. The zero-order valence-corrected chi connectivity index (χ0v) is 13.2. The van der Waals surface area contributed by atoms with Crippen molar-refractivity contribution in [1.82, 2.24) is 5.32 Å². The summed E-state index contributed by atoms with van der Waals surface area (Å²) in [5.41, 5.74) is 1.07. The van der Waals surface area contributed by atoms with Crippen LogP contribution in [-0.4, -0.2) is 31.0 Å². The molecule has 0 radical (unpaired) electrons. The van der Waals surface area contributed by atoms with Crippen LogP contribution < -0.4 is 5.32 Å². The lowest BCUT2D eigenvalue weighted by Gasteiger charge is -2.20. The maximum Gasteiger partial charge on any atom is 0.227 e. The number of methoxy groups -OCH3 is 1. The Bertz CT molecular complexity index is 370. The van der Waals surface area contributed by atoms with Gasteiger partial charge in [0.1, 0.15) is 0 Å². The average molecular weight is 328 g/mol. The molecule has 0 bridgehead atoms. The summed E-state index contributed by atoms with van der Waals surface area (Å²) in [6.45, 7) is 2.69. The van der Waals surface area contributed by atoms with Crippen molar-refractivity contribution in [2.75, 3.05) is 19.0 Å². The van der Waals surface area contributed by atoms with Gasteiger partial charge in [0.2, 0.25) is 5.91 Å². The van der Waals surface area contributed by atoms with Crippen LogP contribution in [-0.2, 0) is 9.53 Å². The second kappa shape index (κ2) is 9.10. The van der Waals surface area contributed by atoms with Gasteiger partial charge in [-0.15, -0.1) is 0 Å². The van der Waals surface area contributed by atoms with Crippen LogP contribution in [0.4, 0.5) is 0 Å². The number of halogens is 1. The number of hydrogen-bond donors (Lipinski definition) is 1. The molecule has 0 fully saturated rings. The van der Waals surface area contributed by atoms with E-state index in [1.165, 1.54) is 0 Å². The lowest BCUT2D eigenvalue weighted by Crippen LogP contribution is -2.39. The summed E-state index contributed by atoms with van der Waals surface area (Å²) in [5.74, 6) is 0.0135. The maximum atomic E-state index is 12.3. The highest BCUT2D eigenvalue weighted by Gasteiger charge is 2.20. The Morgan fingerprint density at radius 2 is 2.05 bits per heavy atom. The van der Waals surface area contributed by atoms with Gasteiger partial charge in [0, 0.05) is 25.1 Å². The SMILES string of the molecule is CCC(C(=O)NC(CBr)CCOC)c1ccccc1. The molecule has 106 valence electrons. The minimum absolute atomic E-state index is 0.0784. The summed E-state index contributed by atoms with van der Waals surface area (Å²) in [7, 11) is 1.67. The number of benzene rings is 1. The van der Waals surface area contributed by atoms with E-state index < -0.39 is 0 Å². The van der Waals surface area contributed by atoms with E-state index >= 15 is 0 Å². The predicted octanol–water partition coefficient (Wildman–Crippen LogP) is 3.10. The quantitative estimate of drug-likeness (QED) is 0.745. The molecular weight excluding hydrogens is 306 g/mol. The van der Waals surface area contributed by atoms with E-state index in [4.69, 9.17) is 4.74 Å². The van der Waals surface area contributed by atoms with E-state index in [-0.39, 0.29) is 17.9 Å². The highest BCUT2D eigenvalue weighted by atomic mass is 79.9. The summed E-state index contributed by atoms with van der Waals surface area (Å²) in [5, 5.41) is 3.83. The van der Waals surface area contributed by atoms with E-state index in [0.29, 0.717) is 6.61 Å². The molecule has 19 heavy (non-hydrogen) atoms. The summed E-state index contributed by atoms with van der Waals surface area (Å²) >= 11 is 3.43. The number of rotatable bonds is 8. The van der Waals surface area contributed by atoms with Gasteiger partial charge in [-0.3, -0.25) is 4.79 Å². The van der Waals surface area contributed by atoms with E-state index in [9.17, 15) is 4.79 Å². The van der Waals surface area contributed by atoms with Gasteiger partial charge in [-0.1, -0.05) is 53.2 Å². The van der Waals surface area contributed by atoms with Gasteiger partial charge in [0.25, 0.3) is 0 Å². The zero-order chi connectivity index (χ0) is 14.1. The first-order valence-electron chi connectivity index (χ1n) is 6.63. The third-order valence-corrected chi connectivity index (χ3v) is 3.91. The van der Waals surface area contributed by atoms with Crippen molar-refractivity contribution in [2.45, 2.75) is 31.7 Å². The van der Waals surface area contributed by atoms with Crippen LogP contribution in [0.25, 0.3) is 0 Å². The van der Waals surface area contributed by atoms with Crippen LogP contribution in [0.3, 0.4) is 0 Å². The first-order chi connectivity index (χ1) is 9.22. The molecule has 3 nitrogen and oxygen atoms in total. The largest absolute Gasteiger partial charge is 0.385 e. The molecule has 0 saturated heterocycles. The van der Waals surface area contributed by atoms with Crippen molar-refractivity contribution in [3.05, 3.63) is 35.9 Å². The third kappa shape index (κ3) is 5.33. The van der Waals surface area contributed by atoms with Gasteiger partial charge in [-0.05, 0) is 18.4 Å². The maximum absolute atomic E-state index is 12.3. The molecule has 0 spiro atoms. The Hall–Kier alpha value is -0.870. The summed E-state index contributed by atoms with van der Waals surface area (Å²) in [4.78, 5) is 12.3. The van der Waals surface area contributed by atoms with Gasteiger partial charge < -0.3 is 10.1 Å². The number of amides is 1. The van der Waals surface area contributed by atoms with Gasteiger partial charge in [-0.2, -0.15) is 0 Å². The molecule has 1 rings (SSSR count). The molecule has 0 aliphatic rings. The smallest absolute Gasteiger partial charge is 0.227 e. The molecule has 1 amide bonds. The molecule has 4 heteroatoms. The molecule has 0 aliphatic carbocycles. The standard InChI is InChI=1S/C15H22BrNO2/c1-3-14(12-7-5-4-6-8-12)15(18)17-13(11-16)9-10-19-2/h4-8,13-14H,3,9-11H2,1-2H3,(H,17,18). The Kier molecular flexibility index (Phi) is 7.75. The van der Waals surface area contributed by atoms with Crippen molar-refractivity contribution >= 4 is 21.8 Å². The fourth-order valence-corrected chi connectivity index (χ4v) is 2.49. The highest BCUT2D eigenvalue weighted by molar-refractivity contribution is 9.09. The van der Waals surface area contributed by atoms with Crippen LogP contribution in [0.2, 0.25) is 0 Å². The molecule has 0 aromatic heterocycles. The van der Waals surface area contributed by atoms with E-state index in [0.717, 1.165) is 23.7 Å². The lowest BCUT2D eigenvalue weighted by atomic mass is 9.95. The van der Waals surface area contributed by atoms with Crippen molar-refractivity contribution in [3.8, 4) is 0 Å². The number of nitrogens with one attached hydrogen (secondary N) is 1. The fraction of sp³-hybridized carbons (Fsp3) is 0.533. The van der Waals surface area contributed by atoms with Crippen molar-refractivity contribution in [2.24, 2.45) is 0 Å². The van der Waals surface area contributed by atoms with Crippen molar-refractivity contribution in [1.29, 1.82) is 0 Å². The van der Waals surface area contributed by atoms with Gasteiger partial charge >= 0.3 is 0 Å².